The number of aromatic amines is 1. The highest BCUT2D eigenvalue weighted by Gasteiger charge is 2.22. The summed E-state index contributed by atoms with van der Waals surface area (Å²) in [6.45, 7) is 0.284. The van der Waals surface area contributed by atoms with Gasteiger partial charge in [0.05, 0.1) is 27.9 Å². The van der Waals surface area contributed by atoms with E-state index in [0.717, 1.165) is 23.4 Å². The normalized spacial score (nSPS) is 11.6. The van der Waals surface area contributed by atoms with Gasteiger partial charge in [0.15, 0.2) is 0 Å². The Bertz CT molecular complexity index is 1640. The molecule has 0 radical (unpaired) electrons. The Balaban J connectivity index is 1.25. The summed E-state index contributed by atoms with van der Waals surface area (Å²) in [5.74, 6) is -0.717. The Hall–Kier alpha value is -3.60. The van der Waals surface area contributed by atoms with Crippen LogP contribution in [-0.4, -0.2) is 34.8 Å². The number of fused-ring (bicyclic) bond motifs is 1. The number of halogens is 3. The predicted molar refractivity (Wildman–Crippen MR) is 136 cm³/mol. The number of anilines is 1. The van der Waals surface area contributed by atoms with Crippen molar-refractivity contribution in [2.45, 2.75) is 11.3 Å². The molecule has 0 aliphatic carbocycles. The van der Waals surface area contributed by atoms with E-state index >= 15 is 0 Å². The van der Waals surface area contributed by atoms with Crippen molar-refractivity contribution in [3.8, 4) is 11.4 Å². The topological polar surface area (TPSA) is 102 Å². The van der Waals surface area contributed by atoms with Gasteiger partial charge >= 0.3 is 0 Å². The van der Waals surface area contributed by atoms with Crippen molar-refractivity contribution in [2.75, 3.05) is 11.3 Å². The fraction of sp³-hybridized carbons (Fsp3) is 0.0833. The van der Waals surface area contributed by atoms with Gasteiger partial charge in [-0.1, -0.05) is 35.3 Å². The second kappa shape index (κ2) is 9.81. The van der Waals surface area contributed by atoms with Crippen LogP contribution in [0.4, 0.5) is 10.1 Å². The van der Waals surface area contributed by atoms with Gasteiger partial charge in [-0.05, 0) is 42.0 Å². The van der Waals surface area contributed by atoms with E-state index in [2.05, 4.69) is 19.9 Å². The standard InChI is InChI=1S/C24H18Cl2FN5O3S/c25-18-6-7-21(24-23(18)19(26)12-28-24)31-36(33,34)22-8-5-17(11-20(22)27)35-10-9-15-1-3-16(4-2-15)32-13-29-30-14-32/h1-8,11-14,28,31H,9-10H2. The summed E-state index contributed by atoms with van der Waals surface area (Å²) < 4.78 is 50.4. The van der Waals surface area contributed by atoms with E-state index in [1.54, 1.807) is 17.2 Å². The molecule has 0 spiro atoms. The SMILES string of the molecule is O=S(=O)(Nc1ccc(Cl)c2c(Cl)c[nH]c12)c1ccc(OCCc2ccc(-n3cnnc3)cc2)cc1F. The third-order valence-electron chi connectivity index (χ3n) is 5.49. The van der Waals surface area contributed by atoms with Crippen molar-refractivity contribution in [1.82, 2.24) is 19.7 Å². The van der Waals surface area contributed by atoms with E-state index in [4.69, 9.17) is 27.9 Å². The molecule has 0 saturated heterocycles. The van der Waals surface area contributed by atoms with E-state index in [-0.39, 0.29) is 18.0 Å². The predicted octanol–water partition coefficient (Wildman–Crippen LogP) is 5.62. The van der Waals surface area contributed by atoms with Crippen LogP contribution in [0.1, 0.15) is 5.56 Å². The van der Waals surface area contributed by atoms with Crippen LogP contribution in [0.3, 0.4) is 0 Å². The van der Waals surface area contributed by atoms with Crippen LogP contribution in [0, 0.1) is 5.82 Å². The van der Waals surface area contributed by atoms with Gasteiger partial charge in [0.25, 0.3) is 10.0 Å². The number of benzene rings is 3. The first-order chi connectivity index (χ1) is 17.3. The molecule has 184 valence electrons. The molecule has 0 aliphatic heterocycles. The maximum atomic E-state index is 14.8. The zero-order chi connectivity index (χ0) is 25.3. The molecule has 8 nitrogen and oxygen atoms in total. The Morgan fingerprint density at radius 3 is 2.47 bits per heavy atom. The van der Waals surface area contributed by atoms with Crippen LogP contribution >= 0.6 is 23.2 Å². The van der Waals surface area contributed by atoms with Gasteiger partial charge in [-0.15, -0.1) is 10.2 Å². The molecule has 36 heavy (non-hydrogen) atoms. The second-order valence-electron chi connectivity index (χ2n) is 7.81. The second-order valence-corrected chi connectivity index (χ2v) is 10.3. The van der Waals surface area contributed by atoms with Crippen molar-refractivity contribution in [2.24, 2.45) is 0 Å². The molecular formula is C24H18Cl2FN5O3S. The largest absolute Gasteiger partial charge is 0.493 e. The highest BCUT2D eigenvalue weighted by molar-refractivity contribution is 7.92. The molecule has 12 heteroatoms. The number of hydrogen-bond donors (Lipinski definition) is 2. The van der Waals surface area contributed by atoms with Gasteiger partial charge in [0.1, 0.15) is 29.1 Å². The molecular weight excluding hydrogens is 528 g/mol. The molecule has 2 heterocycles. The molecule has 2 N–H and O–H groups in total. The Morgan fingerprint density at radius 1 is 1.00 bits per heavy atom. The molecule has 0 saturated carbocycles. The lowest BCUT2D eigenvalue weighted by Crippen LogP contribution is -2.15. The monoisotopic (exact) mass is 545 g/mol. The molecule has 0 fully saturated rings. The minimum atomic E-state index is -4.24. The smallest absolute Gasteiger partial charge is 0.264 e. The van der Waals surface area contributed by atoms with E-state index < -0.39 is 20.7 Å². The average Bonchev–Trinajstić information content (AvgIpc) is 3.52. The third kappa shape index (κ3) is 4.88. The fourth-order valence-corrected chi connectivity index (χ4v) is 5.39. The van der Waals surface area contributed by atoms with Crippen molar-refractivity contribution in [1.29, 1.82) is 0 Å². The zero-order valence-corrected chi connectivity index (χ0v) is 20.8. The molecule has 5 aromatic rings. The summed E-state index contributed by atoms with van der Waals surface area (Å²) in [6.07, 6.45) is 5.29. The van der Waals surface area contributed by atoms with E-state index in [0.29, 0.717) is 27.4 Å². The first-order valence-electron chi connectivity index (χ1n) is 10.7. The molecule has 5 rings (SSSR count). The number of H-pyrrole nitrogens is 1. The van der Waals surface area contributed by atoms with E-state index in [9.17, 15) is 12.8 Å². The lowest BCUT2D eigenvalue weighted by molar-refractivity contribution is 0.319. The van der Waals surface area contributed by atoms with E-state index in [1.165, 1.54) is 24.4 Å². The number of hydrogen-bond acceptors (Lipinski definition) is 5. The maximum absolute atomic E-state index is 14.8. The van der Waals surface area contributed by atoms with Gasteiger partial charge in [-0.3, -0.25) is 9.29 Å². The molecule has 0 unspecified atom stereocenters. The highest BCUT2D eigenvalue weighted by Crippen LogP contribution is 2.35. The first-order valence-corrected chi connectivity index (χ1v) is 12.9. The summed E-state index contributed by atoms with van der Waals surface area (Å²) in [5.41, 5.74) is 2.53. The van der Waals surface area contributed by atoms with Gasteiger partial charge in [0, 0.05) is 29.8 Å². The van der Waals surface area contributed by atoms with Crippen LogP contribution in [0.5, 0.6) is 5.75 Å². The first kappa shape index (κ1) is 24.1. The van der Waals surface area contributed by atoms with Gasteiger partial charge in [-0.2, -0.15) is 0 Å². The summed E-state index contributed by atoms with van der Waals surface area (Å²) in [6, 6.07) is 14.4. The number of nitrogens with zero attached hydrogens (tertiary/aromatic N) is 3. The maximum Gasteiger partial charge on any atom is 0.264 e. The van der Waals surface area contributed by atoms with Crippen LogP contribution in [0.15, 0.2) is 78.3 Å². The highest BCUT2D eigenvalue weighted by atomic mass is 35.5. The number of sulfonamides is 1. The quantitative estimate of drug-likeness (QED) is 0.263. The number of rotatable bonds is 8. The van der Waals surface area contributed by atoms with Gasteiger partial charge in [0.2, 0.25) is 0 Å². The van der Waals surface area contributed by atoms with Crippen molar-refractivity contribution in [3.63, 3.8) is 0 Å². The number of ether oxygens (including phenoxy) is 1. The van der Waals surface area contributed by atoms with Gasteiger partial charge < -0.3 is 9.72 Å². The van der Waals surface area contributed by atoms with E-state index in [1.807, 2.05) is 24.3 Å². The lowest BCUT2D eigenvalue weighted by atomic mass is 10.1. The zero-order valence-electron chi connectivity index (χ0n) is 18.5. The van der Waals surface area contributed by atoms with Crippen molar-refractivity contribution in [3.05, 3.63) is 94.9 Å². The average molecular weight is 546 g/mol. The Labute approximate surface area is 215 Å². The minimum absolute atomic E-state index is 0.191. The molecule has 2 aromatic heterocycles. The molecule has 3 aromatic carbocycles. The van der Waals surface area contributed by atoms with Crippen LogP contribution in [0.25, 0.3) is 16.6 Å². The van der Waals surface area contributed by atoms with Crippen molar-refractivity contribution < 1.29 is 17.5 Å². The van der Waals surface area contributed by atoms with Crippen molar-refractivity contribution >= 4 is 49.8 Å². The molecule has 0 atom stereocenters. The summed E-state index contributed by atoms with van der Waals surface area (Å²) in [7, 11) is -4.24. The number of aromatic nitrogens is 4. The lowest BCUT2D eigenvalue weighted by Gasteiger charge is -2.12. The molecule has 0 amide bonds. The summed E-state index contributed by atoms with van der Waals surface area (Å²) >= 11 is 12.3. The van der Waals surface area contributed by atoms with Crippen LogP contribution in [-0.2, 0) is 16.4 Å². The molecule has 0 bridgehead atoms. The number of nitrogens with one attached hydrogen (secondary N) is 2. The van der Waals surface area contributed by atoms with Crippen LogP contribution in [0.2, 0.25) is 10.0 Å². The Kier molecular flexibility index (Phi) is 6.57. The summed E-state index contributed by atoms with van der Waals surface area (Å²) in [4.78, 5) is 2.36. The Morgan fingerprint density at radius 2 is 1.75 bits per heavy atom. The van der Waals surface area contributed by atoms with Gasteiger partial charge in [-0.25, -0.2) is 12.8 Å². The molecule has 0 aliphatic rings. The fourth-order valence-electron chi connectivity index (χ4n) is 3.70. The third-order valence-corrected chi connectivity index (χ3v) is 7.50. The minimum Gasteiger partial charge on any atom is -0.493 e. The van der Waals surface area contributed by atoms with Crippen LogP contribution < -0.4 is 9.46 Å². The summed E-state index contributed by atoms with van der Waals surface area (Å²) in [5, 5.41) is 8.73.